The summed E-state index contributed by atoms with van der Waals surface area (Å²) in [6.45, 7) is -0.612. The van der Waals surface area contributed by atoms with Crippen LogP contribution in [0.1, 0.15) is 0 Å². The molecule has 5 nitrogen and oxygen atoms in total. The Morgan fingerprint density at radius 1 is 1.12 bits per heavy atom. The van der Waals surface area contributed by atoms with E-state index in [0.29, 0.717) is 5.02 Å². The van der Waals surface area contributed by atoms with E-state index in [9.17, 15) is 22.0 Å². The number of amides is 1. The largest absolute Gasteiger partial charge is 0.324 e. The minimum absolute atomic E-state index is 0.0143. The van der Waals surface area contributed by atoms with E-state index in [4.69, 9.17) is 23.2 Å². The lowest BCUT2D eigenvalue weighted by Crippen LogP contribution is -2.37. The van der Waals surface area contributed by atoms with Crippen molar-refractivity contribution in [3.8, 4) is 0 Å². The second-order valence-corrected chi connectivity index (χ2v) is 7.79. The van der Waals surface area contributed by atoms with Crippen molar-refractivity contribution in [3.05, 3.63) is 58.1 Å². The zero-order chi connectivity index (χ0) is 18.8. The summed E-state index contributed by atoms with van der Waals surface area (Å²) in [5, 5.41) is 2.63. The molecule has 2 aromatic rings. The van der Waals surface area contributed by atoms with Crippen LogP contribution in [0.15, 0.2) is 36.4 Å². The van der Waals surface area contributed by atoms with Crippen molar-refractivity contribution in [1.29, 1.82) is 0 Å². The van der Waals surface area contributed by atoms with Gasteiger partial charge in [0, 0.05) is 16.8 Å². The van der Waals surface area contributed by atoms with Crippen molar-refractivity contribution in [3.63, 3.8) is 0 Å². The van der Waals surface area contributed by atoms with Crippen LogP contribution in [0, 0.1) is 11.6 Å². The van der Waals surface area contributed by atoms with E-state index in [1.165, 1.54) is 18.2 Å². The van der Waals surface area contributed by atoms with Gasteiger partial charge in [0.05, 0.1) is 17.0 Å². The zero-order valence-electron chi connectivity index (χ0n) is 12.8. The lowest BCUT2D eigenvalue weighted by Gasteiger charge is -2.23. The SMILES string of the molecule is CS(=O)(=O)N(CC(=O)Nc1ccc(F)c(F)c1)c1ccc(Cl)cc1Cl. The van der Waals surface area contributed by atoms with Crippen LogP contribution in [0.3, 0.4) is 0 Å². The molecule has 1 N–H and O–H groups in total. The van der Waals surface area contributed by atoms with Crippen molar-refractivity contribution >= 4 is 50.5 Å². The predicted molar refractivity (Wildman–Crippen MR) is 93.6 cm³/mol. The highest BCUT2D eigenvalue weighted by Gasteiger charge is 2.23. The number of hydrogen-bond acceptors (Lipinski definition) is 3. The van der Waals surface area contributed by atoms with Gasteiger partial charge in [-0.2, -0.15) is 0 Å². The summed E-state index contributed by atoms with van der Waals surface area (Å²) in [6, 6.07) is 6.90. The average molecular weight is 409 g/mol. The molecule has 0 saturated heterocycles. The maximum atomic E-state index is 13.2. The average Bonchev–Trinajstić information content (AvgIpc) is 2.48. The first-order chi connectivity index (χ1) is 11.6. The summed E-state index contributed by atoms with van der Waals surface area (Å²) in [5.74, 6) is -2.97. The maximum absolute atomic E-state index is 13.2. The molecule has 0 aromatic heterocycles. The summed E-state index contributed by atoms with van der Waals surface area (Å²) in [7, 11) is -3.84. The van der Waals surface area contributed by atoms with Gasteiger partial charge in [-0.25, -0.2) is 17.2 Å². The number of nitrogens with zero attached hydrogens (tertiary/aromatic N) is 1. The number of carbonyl (C=O) groups excluding carboxylic acids is 1. The first-order valence-corrected chi connectivity index (χ1v) is 9.36. The number of nitrogens with one attached hydrogen (secondary N) is 1. The van der Waals surface area contributed by atoms with Gasteiger partial charge in [0.25, 0.3) is 0 Å². The van der Waals surface area contributed by atoms with Gasteiger partial charge < -0.3 is 5.32 Å². The third-order valence-electron chi connectivity index (χ3n) is 3.07. The van der Waals surface area contributed by atoms with Crippen LogP contribution in [0.4, 0.5) is 20.2 Å². The number of halogens is 4. The Balaban J connectivity index is 2.25. The van der Waals surface area contributed by atoms with Crippen molar-refractivity contribution in [2.75, 3.05) is 22.4 Å². The number of benzene rings is 2. The molecular weight excluding hydrogens is 397 g/mol. The smallest absolute Gasteiger partial charge is 0.245 e. The quantitative estimate of drug-likeness (QED) is 0.820. The van der Waals surface area contributed by atoms with Crippen LogP contribution in [-0.4, -0.2) is 27.1 Å². The summed E-state index contributed by atoms with van der Waals surface area (Å²) < 4.78 is 50.9. The van der Waals surface area contributed by atoms with Crippen LogP contribution in [0.25, 0.3) is 0 Å². The van der Waals surface area contributed by atoms with Gasteiger partial charge in [0.15, 0.2) is 11.6 Å². The normalized spacial score (nSPS) is 11.2. The number of sulfonamides is 1. The molecule has 0 bridgehead atoms. The fraction of sp³-hybridized carbons (Fsp3) is 0.133. The standard InChI is InChI=1S/C15H12Cl2F2N2O3S/c1-25(23,24)21(14-5-2-9(16)6-11(14)17)8-15(22)20-10-3-4-12(18)13(19)7-10/h2-7H,8H2,1H3,(H,20,22). The third kappa shape index (κ3) is 5.04. The van der Waals surface area contributed by atoms with E-state index in [1.807, 2.05) is 0 Å². The molecule has 0 fully saturated rings. The first-order valence-electron chi connectivity index (χ1n) is 6.75. The van der Waals surface area contributed by atoms with E-state index >= 15 is 0 Å². The topological polar surface area (TPSA) is 66.5 Å². The Hall–Kier alpha value is -1.90. The molecule has 0 saturated carbocycles. The fourth-order valence-corrected chi connectivity index (χ4v) is 3.40. The van der Waals surface area contributed by atoms with Gasteiger partial charge in [-0.05, 0) is 30.3 Å². The van der Waals surface area contributed by atoms with E-state index in [1.54, 1.807) is 0 Å². The Labute approximate surface area is 153 Å². The lowest BCUT2D eigenvalue weighted by molar-refractivity contribution is -0.114. The predicted octanol–water partition coefficient (Wildman–Crippen LogP) is 3.68. The highest BCUT2D eigenvalue weighted by molar-refractivity contribution is 7.92. The molecule has 0 aliphatic rings. The molecule has 0 atom stereocenters. The van der Waals surface area contributed by atoms with Crippen LogP contribution in [0.5, 0.6) is 0 Å². The molecule has 0 unspecified atom stereocenters. The molecular formula is C15H12Cl2F2N2O3S. The Morgan fingerprint density at radius 2 is 1.80 bits per heavy atom. The van der Waals surface area contributed by atoms with Crippen molar-refractivity contribution in [1.82, 2.24) is 0 Å². The number of carbonyl (C=O) groups is 1. The second kappa shape index (κ2) is 7.55. The molecule has 0 aliphatic heterocycles. The maximum Gasteiger partial charge on any atom is 0.245 e. The van der Waals surface area contributed by atoms with Gasteiger partial charge in [0.2, 0.25) is 15.9 Å². The Kier molecular flexibility index (Phi) is 5.87. The van der Waals surface area contributed by atoms with Crippen LogP contribution in [-0.2, 0) is 14.8 Å². The Bertz CT molecular complexity index is 923. The zero-order valence-corrected chi connectivity index (χ0v) is 15.1. The molecule has 0 spiro atoms. The Morgan fingerprint density at radius 3 is 2.36 bits per heavy atom. The van der Waals surface area contributed by atoms with E-state index < -0.39 is 34.1 Å². The fourth-order valence-electron chi connectivity index (χ4n) is 1.97. The van der Waals surface area contributed by atoms with Crippen molar-refractivity contribution in [2.45, 2.75) is 0 Å². The number of rotatable bonds is 5. The molecule has 0 heterocycles. The number of anilines is 2. The molecule has 2 aromatic carbocycles. The van der Waals surface area contributed by atoms with Gasteiger partial charge >= 0.3 is 0 Å². The van der Waals surface area contributed by atoms with Gasteiger partial charge in [-0.1, -0.05) is 23.2 Å². The highest BCUT2D eigenvalue weighted by Crippen LogP contribution is 2.30. The summed E-state index contributed by atoms with van der Waals surface area (Å²) in [6.07, 6.45) is 0.906. The van der Waals surface area contributed by atoms with Gasteiger partial charge in [-0.15, -0.1) is 0 Å². The molecule has 10 heteroatoms. The highest BCUT2D eigenvalue weighted by atomic mass is 35.5. The minimum Gasteiger partial charge on any atom is -0.324 e. The van der Waals surface area contributed by atoms with Crippen molar-refractivity contribution < 1.29 is 22.0 Å². The van der Waals surface area contributed by atoms with Crippen LogP contribution >= 0.6 is 23.2 Å². The minimum atomic E-state index is -3.84. The molecule has 134 valence electrons. The van der Waals surface area contributed by atoms with E-state index in [2.05, 4.69) is 5.32 Å². The summed E-state index contributed by atoms with van der Waals surface area (Å²) in [5.41, 5.74) is 0.0496. The van der Waals surface area contributed by atoms with Gasteiger partial charge in [0.1, 0.15) is 6.54 Å². The van der Waals surface area contributed by atoms with Crippen LogP contribution < -0.4 is 9.62 Å². The summed E-state index contributed by atoms with van der Waals surface area (Å²) >= 11 is 11.8. The van der Waals surface area contributed by atoms with E-state index in [-0.39, 0.29) is 16.4 Å². The summed E-state index contributed by atoms with van der Waals surface area (Å²) in [4.78, 5) is 12.1. The molecule has 0 aliphatic carbocycles. The number of hydrogen-bond donors (Lipinski definition) is 1. The molecule has 25 heavy (non-hydrogen) atoms. The monoisotopic (exact) mass is 408 g/mol. The molecule has 1 amide bonds. The van der Waals surface area contributed by atoms with Crippen molar-refractivity contribution in [2.24, 2.45) is 0 Å². The molecule has 0 radical (unpaired) electrons. The van der Waals surface area contributed by atoms with Gasteiger partial charge in [-0.3, -0.25) is 9.10 Å². The van der Waals surface area contributed by atoms with Crippen LogP contribution in [0.2, 0.25) is 10.0 Å². The third-order valence-corrected chi connectivity index (χ3v) is 4.73. The first kappa shape index (κ1) is 19.4. The molecule has 2 rings (SSSR count). The second-order valence-electron chi connectivity index (χ2n) is 5.04. The van der Waals surface area contributed by atoms with E-state index in [0.717, 1.165) is 28.8 Å². The lowest BCUT2D eigenvalue weighted by atomic mass is 10.3.